The van der Waals surface area contributed by atoms with Gasteiger partial charge in [0.05, 0.1) is 24.3 Å². The maximum Gasteiger partial charge on any atom is 0.257 e. The van der Waals surface area contributed by atoms with Gasteiger partial charge >= 0.3 is 0 Å². The first kappa shape index (κ1) is 47.7. The van der Waals surface area contributed by atoms with Crippen molar-refractivity contribution in [3.63, 3.8) is 0 Å². The van der Waals surface area contributed by atoms with E-state index in [-0.39, 0.29) is 12.0 Å². The van der Waals surface area contributed by atoms with Crippen molar-refractivity contribution in [1.82, 2.24) is 30.5 Å². The van der Waals surface area contributed by atoms with E-state index in [0.29, 0.717) is 35.5 Å². The van der Waals surface area contributed by atoms with Crippen molar-refractivity contribution in [3.05, 3.63) is 34.3 Å². The Bertz CT molecular complexity index is 1580. The number of thioether (sulfide) groups is 1. The number of nitrogens with one attached hydrogen (secondary N) is 4. The van der Waals surface area contributed by atoms with Crippen molar-refractivity contribution < 1.29 is 28.6 Å². The van der Waals surface area contributed by atoms with Crippen molar-refractivity contribution in [3.8, 4) is 11.5 Å². The Hall–Kier alpha value is -3.67. The second-order valence-corrected chi connectivity index (χ2v) is 17.2. The summed E-state index contributed by atoms with van der Waals surface area (Å²) in [4.78, 5) is 48.1. The fourth-order valence-electron chi connectivity index (χ4n) is 7.05. The van der Waals surface area contributed by atoms with Gasteiger partial charge in [0.1, 0.15) is 40.7 Å². The minimum Gasteiger partial charge on any atom is -0.494 e. The average Bonchev–Trinajstić information content (AvgIpc) is 3.68. The Morgan fingerprint density at radius 3 is 2.35 bits per heavy atom. The van der Waals surface area contributed by atoms with Gasteiger partial charge in [0.25, 0.3) is 5.91 Å². The maximum absolute atomic E-state index is 13.9. The number of aliphatic hydroxyl groups excluding tert-OH is 1. The number of halogens is 2. The first-order valence-corrected chi connectivity index (χ1v) is 21.2. The van der Waals surface area contributed by atoms with E-state index in [0.717, 1.165) is 70.7 Å². The summed E-state index contributed by atoms with van der Waals surface area (Å²) in [6.07, 6.45) is 13.7. The third-order valence-electron chi connectivity index (χ3n) is 10.5. The van der Waals surface area contributed by atoms with Crippen LogP contribution in [0.4, 0.5) is 21.8 Å². The number of benzene rings is 1. The number of carbonyl (C=O) groups excluding carboxylic acids is 2. The van der Waals surface area contributed by atoms with E-state index in [1.807, 2.05) is 38.3 Å². The number of rotatable bonds is 15. The smallest absolute Gasteiger partial charge is 0.257 e. The number of aliphatic hydroxyl groups is 1. The Morgan fingerprint density at radius 2 is 1.75 bits per heavy atom. The molecular weight excluding hydrogens is 777 g/mol. The zero-order valence-electron chi connectivity index (χ0n) is 34.7. The molecule has 320 valence electrons. The molecule has 3 aliphatic rings. The number of likely N-dealkylation sites (tertiary alicyclic amines) is 2. The highest BCUT2D eigenvalue weighted by Gasteiger charge is 2.43. The van der Waals surface area contributed by atoms with Gasteiger partial charge in [-0.1, -0.05) is 30.9 Å². The molecule has 0 bridgehead atoms. The molecule has 2 aliphatic heterocycles. The van der Waals surface area contributed by atoms with E-state index in [9.17, 15) is 18.9 Å². The topological polar surface area (TPSA) is 183 Å². The van der Waals surface area contributed by atoms with Crippen LogP contribution in [0.2, 0.25) is 5.02 Å². The number of alkyl halides is 1. The van der Waals surface area contributed by atoms with Crippen LogP contribution in [0.3, 0.4) is 0 Å². The van der Waals surface area contributed by atoms with Crippen molar-refractivity contribution in [2.24, 2.45) is 11.2 Å². The summed E-state index contributed by atoms with van der Waals surface area (Å²) in [5.74, 6) is 2.23. The molecule has 3 heterocycles. The first-order chi connectivity index (χ1) is 27.2. The molecule has 0 radical (unpaired) electrons. The lowest BCUT2D eigenvalue weighted by molar-refractivity contribution is -0.141. The second kappa shape index (κ2) is 23.1. The zero-order valence-corrected chi connectivity index (χ0v) is 36.3. The number of hydrogen-bond acceptors (Lipinski definition) is 13. The SMILES string of the molecule is CNc1nc(Nc2ccc(OC3CCN(CC4CCCCC4)CC3)cc2OC)ncc1Cl.CO.CSC(C)(C)C(NC(=O)C(C)(C)F)C(=O)N1CCC[C@H]1NN=O. The van der Waals surface area contributed by atoms with Crippen LogP contribution in [-0.4, -0.2) is 119 Å². The van der Waals surface area contributed by atoms with Gasteiger partial charge in [-0.25, -0.2) is 9.37 Å². The molecule has 1 saturated carbocycles. The molecule has 1 aliphatic carbocycles. The predicted molar refractivity (Wildman–Crippen MR) is 226 cm³/mol. The number of nitroso groups, excluding NO2 is 1. The second-order valence-electron chi connectivity index (χ2n) is 15.3. The van der Waals surface area contributed by atoms with Crippen LogP contribution in [0.25, 0.3) is 0 Å². The van der Waals surface area contributed by atoms with Gasteiger partial charge in [-0.05, 0) is 90.5 Å². The molecule has 0 spiro atoms. The molecule has 18 heteroatoms. The molecule has 15 nitrogen and oxygen atoms in total. The third kappa shape index (κ3) is 14.3. The van der Waals surface area contributed by atoms with Crippen LogP contribution in [0.1, 0.15) is 85.5 Å². The molecule has 2 saturated heterocycles. The summed E-state index contributed by atoms with van der Waals surface area (Å²) in [7, 11) is 4.42. The lowest BCUT2D eigenvalue weighted by atomic mass is 9.88. The first-order valence-electron chi connectivity index (χ1n) is 19.6. The third-order valence-corrected chi connectivity index (χ3v) is 12.1. The summed E-state index contributed by atoms with van der Waals surface area (Å²) in [6.45, 7) is 9.88. The number of aromatic nitrogens is 2. The lowest BCUT2D eigenvalue weighted by Gasteiger charge is -2.37. The molecule has 5 N–H and O–H groups in total. The highest BCUT2D eigenvalue weighted by atomic mass is 35.5. The van der Waals surface area contributed by atoms with Gasteiger partial charge in [0.15, 0.2) is 5.67 Å². The number of nitrogens with zero attached hydrogens (tertiary/aromatic N) is 5. The van der Waals surface area contributed by atoms with E-state index in [4.69, 9.17) is 26.2 Å². The number of anilines is 3. The minimum atomic E-state index is -2.08. The van der Waals surface area contributed by atoms with Gasteiger partial charge in [-0.3, -0.25) is 15.0 Å². The summed E-state index contributed by atoms with van der Waals surface area (Å²) in [5.41, 5.74) is 1.05. The molecular formula is C39H63ClFN9O6S. The van der Waals surface area contributed by atoms with Crippen LogP contribution >= 0.6 is 23.4 Å². The maximum atomic E-state index is 13.9. The predicted octanol–water partition coefficient (Wildman–Crippen LogP) is 6.54. The highest BCUT2D eigenvalue weighted by Crippen LogP contribution is 2.34. The minimum absolute atomic E-state index is 0.249. The molecule has 1 unspecified atom stereocenters. The number of ether oxygens (including phenoxy) is 2. The fraction of sp³-hybridized carbons (Fsp3) is 0.692. The van der Waals surface area contributed by atoms with Crippen LogP contribution in [0.5, 0.6) is 11.5 Å². The van der Waals surface area contributed by atoms with Gasteiger partial charge in [-0.15, -0.1) is 4.91 Å². The monoisotopic (exact) mass is 839 g/mol. The zero-order chi connectivity index (χ0) is 42.2. The molecule has 2 atom stereocenters. The Morgan fingerprint density at radius 1 is 1.07 bits per heavy atom. The van der Waals surface area contributed by atoms with E-state index >= 15 is 0 Å². The molecule has 57 heavy (non-hydrogen) atoms. The van der Waals surface area contributed by atoms with E-state index in [1.165, 1.54) is 55.3 Å². The Balaban J connectivity index is 0.000000309. The number of methoxy groups -OCH3 is 1. The number of amides is 2. The standard InChI is InChI=1S/C24H34ClN5O2.C14H25FN4O3S.CH4O/c1-26-23-20(25)15-27-24(29-23)28-21-9-8-19(14-22(21)31-2)32-18-10-12-30(13-11-18)16-17-6-4-3-5-7-17;1-13(2,15)12(21)16-10(14(3,4)23-5)11(20)19-8-6-7-9(19)17-18-22;1-2/h8-9,14-15,17-18H,3-7,10-13,16H2,1-2H3,(H2,26,27,28,29);9-10H,6-8H2,1-5H3,(H,16,21)(H,17,22);2H,1H3/t;9-,10?;/m.0./s1. The summed E-state index contributed by atoms with van der Waals surface area (Å²) < 4.78 is 25.1. The van der Waals surface area contributed by atoms with Crippen LogP contribution < -0.4 is 30.8 Å². The Kier molecular flexibility index (Phi) is 19.3. The number of carbonyl (C=O) groups is 2. The largest absolute Gasteiger partial charge is 0.494 e. The molecule has 1 aromatic carbocycles. The molecule has 1 aromatic heterocycles. The van der Waals surface area contributed by atoms with E-state index in [2.05, 4.69) is 41.5 Å². The van der Waals surface area contributed by atoms with Gasteiger partial charge < -0.3 is 40.3 Å². The van der Waals surface area contributed by atoms with Gasteiger partial charge in [0.2, 0.25) is 11.9 Å². The Labute approximate surface area is 346 Å². The molecule has 5 rings (SSSR count). The fourth-order valence-corrected chi connectivity index (χ4v) is 7.63. The summed E-state index contributed by atoms with van der Waals surface area (Å²) in [6, 6.07) is 4.91. The van der Waals surface area contributed by atoms with Gasteiger partial charge in [-0.2, -0.15) is 16.7 Å². The number of piperidine rings is 1. The summed E-state index contributed by atoms with van der Waals surface area (Å²) >= 11 is 7.47. The van der Waals surface area contributed by atoms with Gasteiger partial charge in [0, 0.05) is 51.1 Å². The van der Waals surface area contributed by atoms with E-state index in [1.54, 1.807) is 20.4 Å². The van der Waals surface area contributed by atoms with Crippen LogP contribution in [-0.2, 0) is 9.59 Å². The van der Waals surface area contributed by atoms with Crippen LogP contribution in [0, 0.1) is 10.8 Å². The summed E-state index contributed by atoms with van der Waals surface area (Å²) in [5, 5.41) is 18.8. The van der Waals surface area contributed by atoms with E-state index < -0.39 is 28.5 Å². The number of hydrogen-bond donors (Lipinski definition) is 5. The normalized spacial score (nSPS) is 18.5. The van der Waals surface area contributed by atoms with Crippen molar-refractivity contribution >= 4 is 52.6 Å². The van der Waals surface area contributed by atoms with Crippen LogP contribution in [0.15, 0.2) is 29.7 Å². The molecule has 2 amide bonds. The van der Waals surface area contributed by atoms with Crippen molar-refractivity contribution in [2.75, 3.05) is 64.3 Å². The molecule has 3 fully saturated rings. The average molecular weight is 841 g/mol. The molecule has 2 aromatic rings. The van der Waals surface area contributed by atoms with Crippen molar-refractivity contribution in [1.29, 1.82) is 0 Å². The highest BCUT2D eigenvalue weighted by molar-refractivity contribution is 8.00. The van der Waals surface area contributed by atoms with Crippen molar-refractivity contribution in [2.45, 2.75) is 114 Å². The quantitative estimate of drug-likeness (QED) is 0.0965. The lowest BCUT2D eigenvalue weighted by Crippen LogP contribution is -2.61.